The minimum Gasteiger partial charge on any atom is -0.465 e. The number of hydrogen-bond donors (Lipinski definition) is 1. The van der Waals surface area contributed by atoms with Crippen LogP contribution in [0.3, 0.4) is 0 Å². The van der Waals surface area contributed by atoms with Crippen LogP contribution in [0.1, 0.15) is 33.6 Å². The average molecular weight is 279 g/mol. The van der Waals surface area contributed by atoms with Gasteiger partial charge in [0.2, 0.25) is 5.91 Å². The second kappa shape index (κ2) is 7.59. The summed E-state index contributed by atoms with van der Waals surface area (Å²) in [5.74, 6) is -0.648. The molecule has 0 radical (unpaired) electrons. The molecule has 2 N–H and O–H groups in total. The van der Waals surface area contributed by atoms with Gasteiger partial charge in [0, 0.05) is 12.1 Å². The summed E-state index contributed by atoms with van der Waals surface area (Å²) in [4.78, 5) is 25.2. The molecule has 0 aromatic carbocycles. The number of carbonyl (C=O) groups is 2. The fraction of sp³-hybridized carbons (Fsp3) is 0.833. The minimum absolute atomic E-state index is 0. The van der Waals surface area contributed by atoms with Gasteiger partial charge in [-0.25, -0.2) is 0 Å². The molecule has 0 aromatic rings. The van der Waals surface area contributed by atoms with E-state index >= 15 is 0 Å². The Labute approximate surface area is 114 Å². The SMILES string of the molecule is CCOC(=O)CN(C(=O)C(C)C(C)N)C1CC1.Cl. The first-order valence-corrected chi connectivity index (χ1v) is 6.19. The molecule has 5 nitrogen and oxygen atoms in total. The van der Waals surface area contributed by atoms with Crippen molar-refractivity contribution in [2.45, 2.75) is 45.7 Å². The Morgan fingerprint density at radius 2 is 1.94 bits per heavy atom. The lowest BCUT2D eigenvalue weighted by molar-refractivity contribution is -0.150. The Morgan fingerprint density at radius 3 is 2.33 bits per heavy atom. The van der Waals surface area contributed by atoms with Gasteiger partial charge >= 0.3 is 5.97 Å². The van der Waals surface area contributed by atoms with Gasteiger partial charge in [0.05, 0.1) is 12.5 Å². The number of amides is 1. The molecule has 1 aliphatic rings. The van der Waals surface area contributed by atoms with Crippen molar-refractivity contribution in [3.63, 3.8) is 0 Å². The molecule has 0 heterocycles. The first-order valence-electron chi connectivity index (χ1n) is 6.19. The first kappa shape index (κ1) is 17.2. The molecule has 0 spiro atoms. The van der Waals surface area contributed by atoms with Gasteiger partial charge in [-0.3, -0.25) is 9.59 Å². The molecule has 6 heteroatoms. The van der Waals surface area contributed by atoms with E-state index in [-0.39, 0.29) is 48.8 Å². The molecule has 0 bridgehead atoms. The van der Waals surface area contributed by atoms with E-state index in [0.29, 0.717) is 6.61 Å². The molecule has 0 saturated heterocycles. The van der Waals surface area contributed by atoms with Gasteiger partial charge in [0.25, 0.3) is 0 Å². The van der Waals surface area contributed by atoms with Crippen LogP contribution in [-0.2, 0) is 14.3 Å². The highest BCUT2D eigenvalue weighted by molar-refractivity contribution is 5.85. The zero-order chi connectivity index (χ0) is 13.0. The van der Waals surface area contributed by atoms with E-state index in [1.165, 1.54) is 0 Å². The molecule has 1 saturated carbocycles. The number of esters is 1. The summed E-state index contributed by atoms with van der Waals surface area (Å²) in [7, 11) is 0. The maximum Gasteiger partial charge on any atom is 0.325 e. The monoisotopic (exact) mass is 278 g/mol. The van der Waals surface area contributed by atoms with Gasteiger partial charge < -0.3 is 15.4 Å². The molecule has 2 unspecified atom stereocenters. The first-order chi connectivity index (χ1) is 7.97. The summed E-state index contributed by atoms with van der Waals surface area (Å²) in [5, 5.41) is 0. The van der Waals surface area contributed by atoms with E-state index < -0.39 is 0 Å². The maximum absolute atomic E-state index is 12.1. The van der Waals surface area contributed by atoms with Crippen LogP contribution < -0.4 is 5.73 Å². The molecule has 1 fully saturated rings. The van der Waals surface area contributed by atoms with Crippen molar-refractivity contribution < 1.29 is 14.3 Å². The summed E-state index contributed by atoms with van der Waals surface area (Å²) >= 11 is 0. The van der Waals surface area contributed by atoms with Crippen LogP contribution in [0.5, 0.6) is 0 Å². The molecular formula is C12H23ClN2O3. The topological polar surface area (TPSA) is 72.6 Å². The van der Waals surface area contributed by atoms with Crippen molar-refractivity contribution >= 4 is 24.3 Å². The lowest BCUT2D eigenvalue weighted by Crippen LogP contribution is -2.45. The van der Waals surface area contributed by atoms with E-state index in [1.807, 2.05) is 0 Å². The van der Waals surface area contributed by atoms with Crippen LogP contribution in [0.15, 0.2) is 0 Å². The third-order valence-electron chi connectivity index (χ3n) is 3.05. The lowest BCUT2D eigenvalue weighted by atomic mass is 10.0. The molecule has 0 aromatic heterocycles. The zero-order valence-corrected chi connectivity index (χ0v) is 12.0. The highest BCUT2D eigenvalue weighted by atomic mass is 35.5. The van der Waals surface area contributed by atoms with Crippen LogP contribution in [0.25, 0.3) is 0 Å². The number of halogens is 1. The van der Waals surface area contributed by atoms with Gasteiger partial charge in [-0.1, -0.05) is 6.92 Å². The zero-order valence-electron chi connectivity index (χ0n) is 11.2. The fourth-order valence-corrected chi connectivity index (χ4v) is 1.61. The molecular weight excluding hydrogens is 256 g/mol. The van der Waals surface area contributed by atoms with E-state index in [2.05, 4.69) is 0 Å². The van der Waals surface area contributed by atoms with E-state index in [1.54, 1.807) is 25.7 Å². The van der Waals surface area contributed by atoms with E-state index in [0.717, 1.165) is 12.8 Å². The Balaban J connectivity index is 0.00000289. The largest absolute Gasteiger partial charge is 0.465 e. The molecule has 1 aliphatic carbocycles. The van der Waals surface area contributed by atoms with Crippen molar-refractivity contribution in [1.29, 1.82) is 0 Å². The Hall–Kier alpha value is -0.810. The summed E-state index contributed by atoms with van der Waals surface area (Å²) in [5.41, 5.74) is 5.72. The fourth-order valence-electron chi connectivity index (χ4n) is 1.61. The number of rotatable bonds is 6. The van der Waals surface area contributed by atoms with Crippen molar-refractivity contribution in [1.82, 2.24) is 4.90 Å². The third kappa shape index (κ3) is 4.82. The smallest absolute Gasteiger partial charge is 0.325 e. The van der Waals surface area contributed by atoms with Gasteiger partial charge in [-0.2, -0.15) is 0 Å². The standard InChI is InChI=1S/C12H22N2O3.ClH/c1-4-17-11(15)7-14(10-5-6-10)12(16)8(2)9(3)13;/h8-10H,4-7,13H2,1-3H3;1H. The molecule has 2 atom stereocenters. The maximum atomic E-state index is 12.1. The summed E-state index contributed by atoms with van der Waals surface area (Å²) in [6.45, 7) is 5.75. The Morgan fingerprint density at radius 1 is 1.39 bits per heavy atom. The second-order valence-electron chi connectivity index (χ2n) is 4.65. The summed E-state index contributed by atoms with van der Waals surface area (Å²) in [6.07, 6.45) is 1.94. The number of hydrogen-bond acceptors (Lipinski definition) is 4. The average Bonchev–Trinajstić information content (AvgIpc) is 3.08. The lowest BCUT2D eigenvalue weighted by Gasteiger charge is -2.26. The number of carbonyl (C=O) groups excluding carboxylic acids is 2. The second-order valence-corrected chi connectivity index (χ2v) is 4.65. The minimum atomic E-state index is -0.343. The van der Waals surface area contributed by atoms with E-state index in [9.17, 15) is 9.59 Å². The van der Waals surface area contributed by atoms with Crippen LogP contribution in [-0.4, -0.2) is 42.0 Å². The molecule has 18 heavy (non-hydrogen) atoms. The van der Waals surface area contributed by atoms with Crippen molar-refractivity contribution in [2.24, 2.45) is 11.7 Å². The van der Waals surface area contributed by atoms with Crippen molar-refractivity contribution in [2.75, 3.05) is 13.2 Å². The van der Waals surface area contributed by atoms with Gasteiger partial charge in [-0.15, -0.1) is 12.4 Å². The highest BCUT2D eigenvalue weighted by Crippen LogP contribution is 2.28. The molecule has 106 valence electrons. The van der Waals surface area contributed by atoms with Gasteiger partial charge in [0.15, 0.2) is 0 Å². The summed E-state index contributed by atoms with van der Waals surface area (Å²) < 4.78 is 4.88. The third-order valence-corrected chi connectivity index (χ3v) is 3.05. The number of nitrogens with two attached hydrogens (primary N) is 1. The normalized spacial score (nSPS) is 17.3. The van der Waals surface area contributed by atoms with Crippen molar-refractivity contribution in [3.8, 4) is 0 Å². The highest BCUT2D eigenvalue weighted by Gasteiger charge is 2.36. The van der Waals surface area contributed by atoms with Crippen LogP contribution in [0.4, 0.5) is 0 Å². The van der Waals surface area contributed by atoms with E-state index in [4.69, 9.17) is 10.5 Å². The molecule has 1 amide bonds. The van der Waals surface area contributed by atoms with Gasteiger partial charge in [0.1, 0.15) is 6.54 Å². The van der Waals surface area contributed by atoms with Crippen LogP contribution in [0, 0.1) is 5.92 Å². The predicted molar refractivity (Wildman–Crippen MR) is 71.4 cm³/mol. The Kier molecular flexibility index (Phi) is 7.25. The molecule has 1 rings (SSSR count). The van der Waals surface area contributed by atoms with Crippen molar-refractivity contribution in [3.05, 3.63) is 0 Å². The Bertz CT molecular complexity index is 293. The predicted octanol–water partition coefficient (Wildman–Crippen LogP) is 0.946. The number of ether oxygens (including phenoxy) is 1. The summed E-state index contributed by atoms with van der Waals surface area (Å²) in [6, 6.07) is -0.000878. The van der Waals surface area contributed by atoms with Gasteiger partial charge in [-0.05, 0) is 26.7 Å². The molecule has 0 aliphatic heterocycles. The quantitative estimate of drug-likeness (QED) is 0.734. The number of nitrogens with zero attached hydrogens (tertiary/aromatic N) is 1. The van der Waals surface area contributed by atoms with Crippen LogP contribution >= 0.6 is 12.4 Å². The van der Waals surface area contributed by atoms with Crippen LogP contribution in [0.2, 0.25) is 0 Å².